The van der Waals surface area contributed by atoms with Gasteiger partial charge in [-0.05, 0) is 11.5 Å². The number of likely N-dealkylation sites (N-methyl/N-ethyl adjacent to an activating group) is 1. The Bertz CT molecular complexity index is 502. The van der Waals surface area contributed by atoms with Crippen LogP contribution in [0.5, 0.6) is 0 Å². The molecule has 0 bridgehead atoms. The van der Waals surface area contributed by atoms with Crippen molar-refractivity contribution in [2.24, 2.45) is 5.92 Å². The van der Waals surface area contributed by atoms with Crippen LogP contribution in [0.2, 0.25) is 0 Å². The van der Waals surface area contributed by atoms with Gasteiger partial charge in [0.25, 0.3) is 5.91 Å². The molecular formula is C16H22N2O3. The van der Waals surface area contributed by atoms with Crippen LogP contribution in [0.1, 0.15) is 25.5 Å². The summed E-state index contributed by atoms with van der Waals surface area (Å²) in [4.78, 5) is 25.8. The van der Waals surface area contributed by atoms with E-state index in [0.29, 0.717) is 12.5 Å². The summed E-state index contributed by atoms with van der Waals surface area (Å²) in [6.45, 7) is 4.61. The number of benzene rings is 1. The quantitative estimate of drug-likeness (QED) is 0.911. The number of ether oxygens (including phenoxy) is 1. The molecule has 2 amide bonds. The Morgan fingerprint density at radius 2 is 2.05 bits per heavy atom. The van der Waals surface area contributed by atoms with E-state index < -0.39 is 6.10 Å². The Labute approximate surface area is 125 Å². The molecule has 5 nitrogen and oxygen atoms in total. The fourth-order valence-corrected chi connectivity index (χ4v) is 2.39. The number of carbonyl (C=O) groups excluding carboxylic acids is 2. The van der Waals surface area contributed by atoms with E-state index >= 15 is 0 Å². The lowest BCUT2D eigenvalue weighted by atomic mass is 9.97. The maximum absolute atomic E-state index is 12.4. The number of nitrogens with zero attached hydrogens (tertiary/aromatic N) is 1. The zero-order valence-electron chi connectivity index (χ0n) is 12.7. The summed E-state index contributed by atoms with van der Waals surface area (Å²) in [7, 11) is 1.71. The molecule has 114 valence electrons. The average Bonchev–Trinajstić information content (AvgIpc) is 2.48. The number of amides is 2. The molecule has 1 saturated heterocycles. The molecule has 1 aliphatic heterocycles. The highest BCUT2D eigenvalue weighted by Crippen LogP contribution is 2.28. The molecule has 0 spiro atoms. The minimum Gasteiger partial charge on any atom is -0.356 e. The van der Waals surface area contributed by atoms with Crippen LogP contribution in [0.25, 0.3) is 0 Å². The van der Waals surface area contributed by atoms with E-state index in [1.807, 2.05) is 44.2 Å². The predicted molar refractivity (Wildman–Crippen MR) is 79.5 cm³/mol. The predicted octanol–water partition coefficient (Wildman–Crippen LogP) is 1.36. The van der Waals surface area contributed by atoms with Crippen molar-refractivity contribution < 1.29 is 14.3 Å². The van der Waals surface area contributed by atoms with Crippen LogP contribution in [0.4, 0.5) is 0 Å². The summed E-state index contributed by atoms with van der Waals surface area (Å²) in [6.07, 6.45) is -0.672. The molecule has 5 heteroatoms. The second-order valence-electron chi connectivity index (χ2n) is 5.73. The van der Waals surface area contributed by atoms with Crippen molar-refractivity contribution >= 4 is 11.8 Å². The minimum absolute atomic E-state index is 0.0560. The molecule has 2 rings (SSSR count). The Kier molecular flexibility index (Phi) is 4.96. The molecule has 1 N–H and O–H groups in total. The Hall–Kier alpha value is -1.88. The molecule has 21 heavy (non-hydrogen) atoms. The molecule has 0 aliphatic carbocycles. The average molecular weight is 290 g/mol. The molecule has 0 radical (unpaired) electrons. The number of nitrogens with one attached hydrogen (secondary N) is 1. The lowest BCUT2D eigenvalue weighted by Crippen LogP contribution is -2.53. The van der Waals surface area contributed by atoms with Crippen molar-refractivity contribution in [1.82, 2.24) is 10.2 Å². The number of rotatable bonds is 4. The van der Waals surface area contributed by atoms with Gasteiger partial charge < -0.3 is 15.0 Å². The third-order valence-corrected chi connectivity index (χ3v) is 3.57. The highest BCUT2D eigenvalue weighted by Gasteiger charge is 2.39. The van der Waals surface area contributed by atoms with Crippen LogP contribution in [-0.4, -0.2) is 43.0 Å². The van der Waals surface area contributed by atoms with Gasteiger partial charge >= 0.3 is 0 Å². The van der Waals surface area contributed by atoms with Gasteiger partial charge in [0.1, 0.15) is 6.61 Å². The molecule has 0 aromatic heterocycles. The highest BCUT2D eigenvalue weighted by molar-refractivity contribution is 5.86. The lowest BCUT2D eigenvalue weighted by Gasteiger charge is -2.38. The topological polar surface area (TPSA) is 58.6 Å². The van der Waals surface area contributed by atoms with Crippen molar-refractivity contribution in [2.75, 3.05) is 20.2 Å². The van der Waals surface area contributed by atoms with Gasteiger partial charge in [-0.1, -0.05) is 44.2 Å². The van der Waals surface area contributed by atoms with Crippen LogP contribution in [0.15, 0.2) is 30.3 Å². The van der Waals surface area contributed by atoms with E-state index in [0.717, 1.165) is 5.56 Å². The van der Waals surface area contributed by atoms with Gasteiger partial charge in [0.15, 0.2) is 6.10 Å². The summed E-state index contributed by atoms with van der Waals surface area (Å²) < 4.78 is 5.52. The van der Waals surface area contributed by atoms with Crippen LogP contribution in [0.3, 0.4) is 0 Å². The van der Waals surface area contributed by atoms with Gasteiger partial charge in [0, 0.05) is 13.6 Å². The van der Waals surface area contributed by atoms with Crippen LogP contribution in [-0.2, 0) is 14.3 Å². The largest absolute Gasteiger partial charge is 0.356 e. The molecule has 1 aromatic rings. The first-order valence-corrected chi connectivity index (χ1v) is 7.20. The summed E-state index contributed by atoms with van der Waals surface area (Å²) in [5.41, 5.74) is 0.901. The second-order valence-corrected chi connectivity index (χ2v) is 5.73. The third-order valence-electron chi connectivity index (χ3n) is 3.57. The first-order valence-electron chi connectivity index (χ1n) is 7.20. The SMILES string of the molecule is CC(C)CNC(=O)[C@H]1OCC(=O)N(C)[C@@H]1c1ccccc1. The van der Waals surface area contributed by atoms with Gasteiger partial charge in [-0.25, -0.2) is 0 Å². The maximum atomic E-state index is 12.4. The lowest BCUT2D eigenvalue weighted by molar-refractivity contribution is -0.162. The number of hydrogen-bond acceptors (Lipinski definition) is 3. The maximum Gasteiger partial charge on any atom is 0.251 e. The molecule has 0 saturated carbocycles. The highest BCUT2D eigenvalue weighted by atomic mass is 16.5. The molecular weight excluding hydrogens is 268 g/mol. The van der Waals surface area contributed by atoms with Crippen LogP contribution < -0.4 is 5.32 Å². The van der Waals surface area contributed by atoms with Crippen LogP contribution >= 0.6 is 0 Å². The smallest absolute Gasteiger partial charge is 0.251 e. The molecule has 1 aromatic carbocycles. The van der Waals surface area contributed by atoms with Gasteiger partial charge in [-0.2, -0.15) is 0 Å². The molecule has 0 unspecified atom stereocenters. The zero-order valence-corrected chi connectivity index (χ0v) is 12.7. The molecule has 1 heterocycles. The van der Waals surface area contributed by atoms with Crippen molar-refractivity contribution in [2.45, 2.75) is 26.0 Å². The summed E-state index contributed by atoms with van der Waals surface area (Å²) >= 11 is 0. The first kappa shape index (κ1) is 15.5. The van der Waals surface area contributed by atoms with Gasteiger partial charge in [0.05, 0.1) is 6.04 Å². The van der Waals surface area contributed by atoms with Crippen LogP contribution in [0, 0.1) is 5.92 Å². The summed E-state index contributed by atoms with van der Waals surface area (Å²) in [5, 5.41) is 2.89. The molecule has 1 fully saturated rings. The Morgan fingerprint density at radius 3 is 2.67 bits per heavy atom. The van der Waals surface area contributed by atoms with E-state index in [9.17, 15) is 9.59 Å². The summed E-state index contributed by atoms with van der Waals surface area (Å²) in [5.74, 6) is 0.0840. The second kappa shape index (κ2) is 6.72. The molecule has 1 aliphatic rings. The fourth-order valence-electron chi connectivity index (χ4n) is 2.39. The van der Waals surface area contributed by atoms with Crippen molar-refractivity contribution in [3.63, 3.8) is 0 Å². The number of carbonyl (C=O) groups is 2. The Balaban J connectivity index is 2.21. The Morgan fingerprint density at radius 1 is 1.38 bits per heavy atom. The van der Waals surface area contributed by atoms with E-state index in [1.54, 1.807) is 11.9 Å². The molecule has 2 atom stereocenters. The van der Waals surface area contributed by atoms with Gasteiger partial charge in [-0.15, -0.1) is 0 Å². The van der Waals surface area contributed by atoms with Gasteiger partial charge in [-0.3, -0.25) is 9.59 Å². The third kappa shape index (κ3) is 3.61. The summed E-state index contributed by atoms with van der Waals surface area (Å²) in [6, 6.07) is 9.12. The number of morpholine rings is 1. The zero-order chi connectivity index (χ0) is 15.4. The van der Waals surface area contributed by atoms with Crippen molar-refractivity contribution in [3.8, 4) is 0 Å². The number of hydrogen-bond donors (Lipinski definition) is 1. The first-order chi connectivity index (χ1) is 10.0. The van der Waals surface area contributed by atoms with E-state index in [2.05, 4.69) is 5.32 Å². The van der Waals surface area contributed by atoms with E-state index in [4.69, 9.17) is 4.74 Å². The normalized spacial score (nSPS) is 22.5. The van der Waals surface area contributed by atoms with Crippen molar-refractivity contribution in [3.05, 3.63) is 35.9 Å². The van der Waals surface area contributed by atoms with Gasteiger partial charge in [0.2, 0.25) is 5.91 Å². The van der Waals surface area contributed by atoms with Crippen molar-refractivity contribution in [1.29, 1.82) is 0 Å². The van der Waals surface area contributed by atoms with E-state index in [1.165, 1.54) is 0 Å². The minimum atomic E-state index is -0.672. The fraction of sp³-hybridized carbons (Fsp3) is 0.500. The standard InChI is InChI=1S/C16H22N2O3/c1-11(2)9-17-16(20)15-14(12-7-5-4-6-8-12)18(3)13(19)10-21-15/h4-8,11,14-15H,9-10H2,1-3H3,(H,17,20)/t14-,15+/m1/s1. The van der Waals surface area contributed by atoms with E-state index in [-0.39, 0.29) is 24.5 Å². The monoisotopic (exact) mass is 290 g/mol.